The maximum absolute atomic E-state index is 13.4. The molecule has 0 aliphatic rings. The highest BCUT2D eigenvalue weighted by Gasteiger charge is 2.16. The fraction of sp³-hybridized carbons (Fsp3) is 0.273. The van der Waals surface area contributed by atoms with Crippen molar-refractivity contribution in [2.45, 2.75) is 12.3 Å². The Morgan fingerprint density at radius 3 is 2.81 bits per heavy atom. The van der Waals surface area contributed by atoms with Crippen LogP contribution in [0.15, 0.2) is 12.1 Å². The predicted octanol–water partition coefficient (Wildman–Crippen LogP) is 2.77. The van der Waals surface area contributed by atoms with Gasteiger partial charge in [0.2, 0.25) is 0 Å². The number of esters is 1. The van der Waals surface area contributed by atoms with E-state index in [0.717, 1.165) is 6.07 Å². The lowest BCUT2D eigenvalue weighted by Crippen LogP contribution is -2.08. The first kappa shape index (κ1) is 12.7. The Balaban J connectivity index is 3.24. The van der Waals surface area contributed by atoms with Gasteiger partial charge in [0.05, 0.1) is 17.7 Å². The molecule has 1 aromatic carbocycles. The molecule has 0 fully saturated rings. The number of carbonyl (C=O) groups is 1. The maximum atomic E-state index is 13.4. The molecule has 0 amide bonds. The van der Waals surface area contributed by atoms with Crippen molar-refractivity contribution < 1.29 is 13.9 Å². The standard InChI is InChI=1S/C11H9BrFNO2/c1-2-16-11(15)9-4-10(13)7(5-12)3-8(9)6-14/h3-4H,2,5H2,1H3. The SMILES string of the molecule is CCOC(=O)c1cc(F)c(CBr)cc1C#N. The number of nitriles is 1. The zero-order chi connectivity index (χ0) is 12.1. The fourth-order valence-corrected chi connectivity index (χ4v) is 1.62. The number of carbonyl (C=O) groups excluding carboxylic acids is 1. The smallest absolute Gasteiger partial charge is 0.339 e. The second kappa shape index (κ2) is 5.61. The van der Waals surface area contributed by atoms with E-state index in [1.54, 1.807) is 6.92 Å². The lowest BCUT2D eigenvalue weighted by molar-refractivity contribution is 0.0525. The van der Waals surface area contributed by atoms with Crippen LogP contribution in [0.4, 0.5) is 4.39 Å². The van der Waals surface area contributed by atoms with Crippen molar-refractivity contribution in [1.82, 2.24) is 0 Å². The van der Waals surface area contributed by atoms with Gasteiger partial charge in [0.1, 0.15) is 11.9 Å². The molecule has 84 valence electrons. The van der Waals surface area contributed by atoms with Crippen molar-refractivity contribution in [3.63, 3.8) is 0 Å². The van der Waals surface area contributed by atoms with Gasteiger partial charge in [-0.1, -0.05) is 15.9 Å². The molecule has 16 heavy (non-hydrogen) atoms. The second-order valence-electron chi connectivity index (χ2n) is 2.96. The highest BCUT2D eigenvalue weighted by atomic mass is 79.9. The first-order valence-electron chi connectivity index (χ1n) is 4.59. The van der Waals surface area contributed by atoms with Crippen molar-refractivity contribution in [2.24, 2.45) is 0 Å². The van der Waals surface area contributed by atoms with Crippen LogP contribution in [0, 0.1) is 17.1 Å². The first-order chi connectivity index (χ1) is 7.63. The van der Waals surface area contributed by atoms with Crippen molar-refractivity contribution in [3.05, 3.63) is 34.6 Å². The fourth-order valence-electron chi connectivity index (χ4n) is 1.19. The Morgan fingerprint density at radius 1 is 1.62 bits per heavy atom. The molecule has 0 unspecified atom stereocenters. The molecule has 0 saturated heterocycles. The highest BCUT2D eigenvalue weighted by molar-refractivity contribution is 9.08. The molecule has 0 N–H and O–H groups in total. The number of halogens is 2. The van der Waals surface area contributed by atoms with Crippen LogP contribution in [0.2, 0.25) is 0 Å². The molecule has 0 atom stereocenters. The zero-order valence-corrected chi connectivity index (χ0v) is 10.2. The van der Waals surface area contributed by atoms with Crippen LogP contribution in [0.5, 0.6) is 0 Å². The third-order valence-corrected chi connectivity index (χ3v) is 2.55. The van der Waals surface area contributed by atoms with Crippen LogP contribution in [-0.4, -0.2) is 12.6 Å². The molecule has 0 heterocycles. The van der Waals surface area contributed by atoms with Gasteiger partial charge in [-0.3, -0.25) is 0 Å². The van der Waals surface area contributed by atoms with Gasteiger partial charge in [-0.25, -0.2) is 9.18 Å². The number of benzene rings is 1. The first-order valence-corrected chi connectivity index (χ1v) is 5.71. The van der Waals surface area contributed by atoms with Crippen LogP contribution < -0.4 is 0 Å². The summed E-state index contributed by atoms with van der Waals surface area (Å²) in [4.78, 5) is 11.4. The molecule has 0 bridgehead atoms. The molecular weight excluding hydrogens is 277 g/mol. The van der Waals surface area contributed by atoms with Crippen LogP contribution >= 0.6 is 15.9 Å². The maximum Gasteiger partial charge on any atom is 0.339 e. The largest absolute Gasteiger partial charge is 0.462 e. The Kier molecular flexibility index (Phi) is 4.44. The number of alkyl halides is 1. The molecule has 5 heteroatoms. The van der Waals surface area contributed by atoms with E-state index < -0.39 is 11.8 Å². The van der Waals surface area contributed by atoms with E-state index in [1.165, 1.54) is 6.07 Å². The highest BCUT2D eigenvalue weighted by Crippen LogP contribution is 2.18. The summed E-state index contributed by atoms with van der Waals surface area (Å²) in [5, 5.41) is 9.14. The third-order valence-electron chi connectivity index (χ3n) is 1.95. The summed E-state index contributed by atoms with van der Waals surface area (Å²) >= 11 is 3.10. The van der Waals surface area contributed by atoms with Gasteiger partial charge < -0.3 is 4.74 Å². The topological polar surface area (TPSA) is 50.1 Å². The van der Waals surface area contributed by atoms with Gasteiger partial charge in [0.15, 0.2) is 0 Å². The molecular formula is C11H9BrFNO2. The molecule has 3 nitrogen and oxygen atoms in total. The van der Waals surface area contributed by atoms with Gasteiger partial charge in [-0.15, -0.1) is 0 Å². The Labute approximate surface area is 101 Å². The molecule has 1 aromatic rings. The molecule has 1 rings (SSSR count). The lowest BCUT2D eigenvalue weighted by Gasteiger charge is -2.06. The number of hydrogen-bond donors (Lipinski definition) is 0. The number of rotatable bonds is 3. The van der Waals surface area contributed by atoms with E-state index >= 15 is 0 Å². The minimum absolute atomic E-state index is 0.0356. The predicted molar refractivity (Wildman–Crippen MR) is 59.7 cm³/mol. The zero-order valence-electron chi connectivity index (χ0n) is 8.59. The Hall–Kier alpha value is -1.41. The van der Waals surface area contributed by atoms with Crippen LogP contribution in [0.1, 0.15) is 28.4 Å². The second-order valence-corrected chi connectivity index (χ2v) is 3.52. The van der Waals surface area contributed by atoms with Gasteiger partial charge in [-0.05, 0) is 24.6 Å². The lowest BCUT2D eigenvalue weighted by atomic mass is 10.1. The van der Waals surface area contributed by atoms with Gasteiger partial charge >= 0.3 is 5.97 Å². The van der Waals surface area contributed by atoms with Crippen LogP contribution in [-0.2, 0) is 10.1 Å². The molecule has 0 radical (unpaired) electrons. The van der Waals surface area contributed by atoms with Crippen LogP contribution in [0.25, 0.3) is 0 Å². The van der Waals surface area contributed by atoms with E-state index in [-0.39, 0.29) is 23.1 Å². The molecule has 0 spiro atoms. The minimum atomic E-state index is -0.681. The van der Waals surface area contributed by atoms with E-state index in [0.29, 0.717) is 5.56 Å². The van der Waals surface area contributed by atoms with Crippen molar-refractivity contribution in [2.75, 3.05) is 6.61 Å². The summed E-state index contributed by atoms with van der Waals surface area (Å²) in [6, 6.07) is 4.23. The Morgan fingerprint density at radius 2 is 2.31 bits per heavy atom. The summed E-state index contributed by atoms with van der Waals surface area (Å²) in [7, 11) is 0. The molecule has 0 aliphatic heterocycles. The van der Waals surface area contributed by atoms with Gasteiger partial charge in [0, 0.05) is 5.33 Å². The summed E-state index contributed by atoms with van der Waals surface area (Å²) in [5.41, 5.74) is 0.422. The van der Waals surface area contributed by atoms with E-state index in [9.17, 15) is 9.18 Å². The minimum Gasteiger partial charge on any atom is -0.462 e. The normalized spacial score (nSPS) is 9.62. The van der Waals surface area contributed by atoms with Gasteiger partial charge in [-0.2, -0.15) is 5.26 Å². The summed E-state index contributed by atoms with van der Waals surface area (Å²) in [5.74, 6) is -1.21. The molecule has 0 aromatic heterocycles. The van der Waals surface area contributed by atoms with E-state index in [4.69, 9.17) is 10.00 Å². The Bertz CT molecular complexity index is 454. The average Bonchev–Trinajstić information content (AvgIpc) is 2.29. The number of hydrogen-bond acceptors (Lipinski definition) is 3. The van der Waals surface area contributed by atoms with E-state index in [1.807, 2.05) is 6.07 Å². The number of ether oxygens (including phenoxy) is 1. The molecule has 0 saturated carbocycles. The van der Waals surface area contributed by atoms with Crippen LogP contribution in [0.3, 0.4) is 0 Å². The molecule has 0 aliphatic carbocycles. The monoisotopic (exact) mass is 285 g/mol. The number of nitrogens with zero attached hydrogens (tertiary/aromatic N) is 1. The average molecular weight is 286 g/mol. The third kappa shape index (κ3) is 2.58. The van der Waals surface area contributed by atoms with Gasteiger partial charge in [0.25, 0.3) is 0 Å². The summed E-state index contributed by atoms with van der Waals surface area (Å²) < 4.78 is 18.2. The quantitative estimate of drug-likeness (QED) is 0.634. The summed E-state index contributed by atoms with van der Waals surface area (Å²) in [6.07, 6.45) is 0. The van der Waals surface area contributed by atoms with Crippen molar-refractivity contribution in [3.8, 4) is 6.07 Å². The van der Waals surface area contributed by atoms with Crippen molar-refractivity contribution in [1.29, 1.82) is 5.26 Å². The van der Waals surface area contributed by atoms with Crippen molar-refractivity contribution >= 4 is 21.9 Å². The van der Waals surface area contributed by atoms with E-state index in [2.05, 4.69) is 15.9 Å². The summed E-state index contributed by atoms with van der Waals surface area (Å²) in [6.45, 7) is 1.83.